The summed E-state index contributed by atoms with van der Waals surface area (Å²) in [5.74, 6) is -0.743. The number of ketones is 2. The van der Waals surface area contributed by atoms with Crippen LogP contribution >= 0.6 is 0 Å². The van der Waals surface area contributed by atoms with Crippen molar-refractivity contribution in [2.75, 3.05) is 6.61 Å². The van der Waals surface area contributed by atoms with Crippen LogP contribution < -0.4 is 0 Å². The van der Waals surface area contributed by atoms with E-state index in [1.54, 1.807) is 13.8 Å². The van der Waals surface area contributed by atoms with Gasteiger partial charge in [0.05, 0.1) is 6.61 Å². The van der Waals surface area contributed by atoms with Crippen LogP contribution in [-0.4, -0.2) is 24.1 Å². The molecule has 0 aromatic carbocycles. The van der Waals surface area contributed by atoms with Crippen molar-refractivity contribution >= 4 is 17.5 Å². The average Bonchev–Trinajstić information content (AvgIpc) is 2.47. The third-order valence-corrected chi connectivity index (χ3v) is 4.08. The summed E-state index contributed by atoms with van der Waals surface area (Å²) in [4.78, 5) is 33.9. The molecule has 1 atom stereocenters. The molecule has 0 fully saturated rings. The number of esters is 1. The van der Waals surface area contributed by atoms with Crippen LogP contribution in [0, 0.1) is 5.92 Å². The predicted molar refractivity (Wildman–Crippen MR) is 92.3 cm³/mol. The molecule has 0 aliphatic heterocycles. The molecular weight excluding hydrogens is 292 g/mol. The molecule has 0 rings (SSSR count). The first-order valence-electron chi connectivity index (χ1n) is 9.15. The summed E-state index contributed by atoms with van der Waals surface area (Å²) in [6.07, 6.45) is 11.5. The zero-order valence-electron chi connectivity index (χ0n) is 15.2. The van der Waals surface area contributed by atoms with Crippen molar-refractivity contribution in [1.29, 1.82) is 0 Å². The molecule has 0 saturated heterocycles. The van der Waals surface area contributed by atoms with Gasteiger partial charge in [0.15, 0.2) is 0 Å². The van der Waals surface area contributed by atoms with Gasteiger partial charge in [-0.05, 0) is 33.6 Å². The molecule has 0 aliphatic rings. The summed E-state index contributed by atoms with van der Waals surface area (Å²) >= 11 is 0. The van der Waals surface area contributed by atoms with Crippen LogP contribution in [-0.2, 0) is 19.1 Å². The average molecular weight is 326 g/mol. The molecule has 4 heteroatoms. The first kappa shape index (κ1) is 21.8. The first-order valence-corrected chi connectivity index (χ1v) is 9.15. The second kappa shape index (κ2) is 14.4. The lowest BCUT2D eigenvalue weighted by Crippen LogP contribution is -2.24. The van der Waals surface area contributed by atoms with Crippen molar-refractivity contribution in [3.63, 3.8) is 0 Å². The molecule has 0 aromatic heterocycles. The number of rotatable bonds is 15. The van der Waals surface area contributed by atoms with E-state index in [0.717, 1.165) is 38.5 Å². The number of carbonyl (C=O) groups excluding carboxylic acids is 3. The lowest BCUT2D eigenvalue weighted by Gasteiger charge is -2.12. The van der Waals surface area contributed by atoms with Crippen LogP contribution in [0.4, 0.5) is 0 Å². The number of unbranched alkanes of at least 4 members (excludes halogenated alkanes) is 8. The molecule has 134 valence electrons. The number of hydrogen-bond donors (Lipinski definition) is 0. The molecule has 23 heavy (non-hydrogen) atoms. The summed E-state index contributed by atoms with van der Waals surface area (Å²) in [6, 6.07) is 0. The number of hydrogen-bond acceptors (Lipinski definition) is 4. The van der Waals surface area contributed by atoms with E-state index in [-0.39, 0.29) is 17.5 Å². The monoisotopic (exact) mass is 326 g/mol. The van der Waals surface area contributed by atoms with Crippen molar-refractivity contribution in [2.24, 2.45) is 5.92 Å². The van der Waals surface area contributed by atoms with E-state index >= 15 is 0 Å². The van der Waals surface area contributed by atoms with Crippen LogP contribution in [0.5, 0.6) is 0 Å². The summed E-state index contributed by atoms with van der Waals surface area (Å²) in [6.45, 7) is 5.20. The first-order chi connectivity index (χ1) is 11.0. The zero-order valence-corrected chi connectivity index (χ0v) is 15.2. The van der Waals surface area contributed by atoms with E-state index in [1.165, 1.54) is 32.6 Å². The number of ether oxygens (including phenoxy) is 1. The largest absolute Gasteiger partial charge is 0.465 e. The van der Waals surface area contributed by atoms with Gasteiger partial charge in [-0.2, -0.15) is 0 Å². The van der Waals surface area contributed by atoms with Gasteiger partial charge in [-0.25, -0.2) is 0 Å². The highest BCUT2D eigenvalue weighted by molar-refractivity contribution is 5.97. The van der Waals surface area contributed by atoms with Crippen molar-refractivity contribution in [2.45, 2.75) is 91.4 Å². The second-order valence-electron chi connectivity index (χ2n) is 6.34. The molecule has 0 bridgehead atoms. The molecule has 0 heterocycles. The maximum Gasteiger partial charge on any atom is 0.316 e. The zero-order chi connectivity index (χ0) is 17.5. The lowest BCUT2D eigenvalue weighted by molar-refractivity contribution is -0.151. The molecule has 0 amide bonds. The molecular formula is C19H34O4. The summed E-state index contributed by atoms with van der Waals surface area (Å²) in [5, 5.41) is 0. The van der Waals surface area contributed by atoms with Crippen molar-refractivity contribution in [3.05, 3.63) is 0 Å². The summed E-state index contributed by atoms with van der Waals surface area (Å²) in [5.41, 5.74) is 0. The van der Waals surface area contributed by atoms with Crippen molar-refractivity contribution in [1.82, 2.24) is 0 Å². The SMILES string of the molecule is CCOC(=O)C(CCCCCCCCCCCC(C)=O)C(C)=O. The van der Waals surface area contributed by atoms with E-state index in [0.29, 0.717) is 13.0 Å². The highest BCUT2D eigenvalue weighted by atomic mass is 16.5. The molecule has 1 unspecified atom stereocenters. The van der Waals surface area contributed by atoms with Crippen LogP contribution in [0.25, 0.3) is 0 Å². The van der Waals surface area contributed by atoms with Gasteiger partial charge in [-0.1, -0.05) is 51.4 Å². The molecule has 0 aromatic rings. The van der Waals surface area contributed by atoms with Gasteiger partial charge in [0.1, 0.15) is 17.5 Å². The molecule has 0 saturated carbocycles. The summed E-state index contributed by atoms with van der Waals surface area (Å²) < 4.78 is 4.94. The van der Waals surface area contributed by atoms with Crippen LogP contribution in [0.2, 0.25) is 0 Å². The Bertz CT molecular complexity index is 349. The van der Waals surface area contributed by atoms with Gasteiger partial charge < -0.3 is 9.53 Å². The highest BCUT2D eigenvalue weighted by Gasteiger charge is 2.23. The Balaban J connectivity index is 3.51. The Morgan fingerprint density at radius 2 is 1.26 bits per heavy atom. The van der Waals surface area contributed by atoms with Crippen molar-refractivity contribution in [3.8, 4) is 0 Å². The molecule has 0 N–H and O–H groups in total. The van der Waals surface area contributed by atoms with Gasteiger partial charge in [0.2, 0.25) is 0 Å². The van der Waals surface area contributed by atoms with Gasteiger partial charge in [-0.3, -0.25) is 9.59 Å². The predicted octanol–water partition coefficient (Wildman–Crippen LogP) is 4.63. The minimum Gasteiger partial charge on any atom is -0.465 e. The van der Waals surface area contributed by atoms with E-state index < -0.39 is 5.92 Å². The van der Waals surface area contributed by atoms with Gasteiger partial charge in [0, 0.05) is 6.42 Å². The van der Waals surface area contributed by atoms with E-state index in [4.69, 9.17) is 4.74 Å². The second-order valence-corrected chi connectivity index (χ2v) is 6.34. The number of Topliss-reactive ketones (excluding diaryl/α,β-unsaturated/α-hetero) is 2. The smallest absolute Gasteiger partial charge is 0.316 e. The molecule has 0 spiro atoms. The van der Waals surface area contributed by atoms with Gasteiger partial charge in [-0.15, -0.1) is 0 Å². The maximum atomic E-state index is 11.7. The summed E-state index contributed by atoms with van der Waals surface area (Å²) in [7, 11) is 0. The number of carbonyl (C=O) groups is 3. The Hall–Kier alpha value is -1.19. The maximum absolute atomic E-state index is 11.7. The van der Waals surface area contributed by atoms with E-state index in [9.17, 15) is 14.4 Å². The quantitative estimate of drug-likeness (QED) is 0.250. The fourth-order valence-corrected chi connectivity index (χ4v) is 2.69. The van der Waals surface area contributed by atoms with Gasteiger partial charge in [0.25, 0.3) is 0 Å². The third-order valence-electron chi connectivity index (χ3n) is 4.08. The molecule has 0 aliphatic carbocycles. The topological polar surface area (TPSA) is 60.4 Å². The van der Waals surface area contributed by atoms with Gasteiger partial charge >= 0.3 is 5.97 Å². The van der Waals surface area contributed by atoms with E-state index in [2.05, 4.69) is 0 Å². The lowest BCUT2D eigenvalue weighted by atomic mass is 9.97. The Morgan fingerprint density at radius 3 is 1.70 bits per heavy atom. The third kappa shape index (κ3) is 13.0. The van der Waals surface area contributed by atoms with Crippen LogP contribution in [0.1, 0.15) is 91.4 Å². The van der Waals surface area contributed by atoms with E-state index in [1.807, 2.05) is 0 Å². The van der Waals surface area contributed by atoms with Crippen LogP contribution in [0.15, 0.2) is 0 Å². The van der Waals surface area contributed by atoms with Crippen molar-refractivity contribution < 1.29 is 19.1 Å². The standard InChI is InChI=1S/C19H34O4/c1-4-23-19(22)18(17(3)21)15-13-11-9-7-5-6-8-10-12-14-16(2)20/h18H,4-15H2,1-3H3. The molecule has 0 radical (unpaired) electrons. The normalized spacial score (nSPS) is 12.0. The highest BCUT2D eigenvalue weighted by Crippen LogP contribution is 2.16. The van der Waals surface area contributed by atoms with Crippen LogP contribution in [0.3, 0.4) is 0 Å². The molecule has 4 nitrogen and oxygen atoms in total. The Morgan fingerprint density at radius 1 is 0.783 bits per heavy atom. The minimum atomic E-state index is -0.573. The Labute approximate surface area is 141 Å². The fraction of sp³-hybridized carbons (Fsp3) is 0.842. The fourth-order valence-electron chi connectivity index (χ4n) is 2.69. The minimum absolute atomic E-state index is 0.0889. The Kier molecular flexibility index (Phi) is 13.7.